The highest BCUT2D eigenvalue weighted by atomic mass is 16.3. The number of hydrogen-bond acceptors (Lipinski definition) is 3. The predicted octanol–water partition coefficient (Wildman–Crippen LogP) is 0.603. The van der Waals surface area contributed by atoms with Crippen molar-refractivity contribution in [2.75, 3.05) is 19.6 Å². The summed E-state index contributed by atoms with van der Waals surface area (Å²) in [5.41, 5.74) is 0. The van der Waals surface area contributed by atoms with Crippen molar-refractivity contribution >= 4 is 0 Å². The molecular formula is C9H16N2O. The largest absolute Gasteiger partial charge is 0.393 e. The van der Waals surface area contributed by atoms with Gasteiger partial charge in [-0.05, 0) is 19.8 Å². The van der Waals surface area contributed by atoms with Crippen LogP contribution >= 0.6 is 0 Å². The fourth-order valence-corrected chi connectivity index (χ4v) is 1.53. The van der Waals surface area contributed by atoms with Crippen LogP contribution in [0.25, 0.3) is 0 Å². The Kier molecular flexibility index (Phi) is 3.51. The van der Waals surface area contributed by atoms with E-state index in [2.05, 4.69) is 11.0 Å². The molecule has 1 aliphatic heterocycles. The molecule has 0 aromatic carbocycles. The molecule has 1 rings (SSSR count). The van der Waals surface area contributed by atoms with E-state index in [1.807, 2.05) is 6.92 Å². The van der Waals surface area contributed by atoms with E-state index >= 15 is 0 Å². The number of aliphatic hydroxyl groups excluding tert-OH is 1. The number of nitriles is 1. The third-order valence-corrected chi connectivity index (χ3v) is 2.31. The van der Waals surface area contributed by atoms with Crippen molar-refractivity contribution in [1.29, 1.82) is 5.26 Å². The highest BCUT2D eigenvalue weighted by Crippen LogP contribution is 2.11. The van der Waals surface area contributed by atoms with Crippen molar-refractivity contribution < 1.29 is 5.11 Å². The van der Waals surface area contributed by atoms with E-state index in [-0.39, 0.29) is 12.0 Å². The van der Waals surface area contributed by atoms with Gasteiger partial charge in [0.25, 0.3) is 0 Å². The summed E-state index contributed by atoms with van der Waals surface area (Å²) in [7, 11) is 0. The summed E-state index contributed by atoms with van der Waals surface area (Å²) >= 11 is 0. The minimum absolute atomic E-state index is 0.111. The van der Waals surface area contributed by atoms with Crippen LogP contribution in [0.15, 0.2) is 0 Å². The number of hydrogen-bond donors (Lipinski definition) is 1. The van der Waals surface area contributed by atoms with E-state index in [0.717, 1.165) is 32.5 Å². The Hall–Kier alpha value is -0.590. The van der Waals surface area contributed by atoms with Crippen LogP contribution in [0.5, 0.6) is 0 Å². The van der Waals surface area contributed by atoms with Gasteiger partial charge in [-0.25, -0.2) is 0 Å². The van der Waals surface area contributed by atoms with Gasteiger partial charge in [-0.2, -0.15) is 5.26 Å². The lowest BCUT2D eigenvalue weighted by Crippen LogP contribution is -2.38. The number of nitrogens with zero attached hydrogens (tertiary/aromatic N) is 2. The highest BCUT2D eigenvalue weighted by Gasteiger charge is 2.17. The second-order valence-electron chi connectivity index (χ2n) is 3.56. The van der Waals surface area contributed by atoms with Crippen molar-refractivity contribution in [1.82, 2.24) is 4.90 Å². The Labute approximate surface area is 73.6 Å². The summed E-state index contributed by atoms with van der Waals surface area (Å²) in [6, 6.07) is 2.22. The zero-order valence-corrected chi connectivity index (χ0v) is 7.53. The van der Waals surface area contributed by atoms with Crippen LogP contribution in [0.4, 0.5) is 0 Å². The minimum Gasteiger partial charge on any atom is -0.393 e. The van der Waals surface area contributed by atoms with Crippen LogP contribution in [0.3, 0.4) is 0 Å². The fourth-order valence-electron chi connectivity index (χ4n) is 1.53. The van der Waals surface area contributed by atoms with E-state index in [4.69, 9.17) is 5.26 Å². The van der Waals surface area contributed by atoms with Gasteiger partial charge in [0.15, 0.2) is 0 Å². The summed E-state index contributed by atoms with van der Waals surface area (Å²) in [4.78, 5) is 2.25. The zero-order valence-electron chi connectivity index (χ0n) is 7.53. The Balaban J connectivity index is 2.22. The van der Waals surface area contributed by atoms with Gasteiger partial charge in [0, 0.05) is 19.6 Å². The average Bonchev–Trinajstić information content (AvgIpc) is 2.09. The molecule has 0 amide bonds. The first kappa shape index (κ1) is 9.50. The van der Waals surface area contributed by atoms with E-state index in [1.165, 1.54) is 0 Å². The topological polar surface area (TPSA) is 47.3 Å². The van der Waals surface area contributed by atoms with Gasteiger partial charge in [-0.3, -0.25) is 0 Å². The van der Waals surface area contributed by atoms with Crippen molar-refractivity contribution in [3.8, 4) is 6.07 Å². The Morgan fingerprint density at radius 1 is 1.58 bits per heavy atom. The summed E-state index contributed by atoms with van der Waals surface area (Å²) in [6.07, 6.45) is 1.61. The maximum atomic E-state index is 9.23. The monoisotopic (exact) mass is 168 g/mol. The summed E-state index contributed by atoms with van der Waals surface area (Å²) < 4.78 is 0. The third kappa shape index (κ3) is 2.80. The molecule has 3 heteroatoms. The molecule has 12 heavy (non-hydrogen) atoms. The smallest absolute Gasteiger partial charge is 0.0666 e. The normalized spacial score (nSPS) is 23.4. The Morgan fingerprint density at radius 2 is 2.17 bits per heavy atom. The van der Waals surface area contributed by atoms with Crippen LogP contribution in [0.2, 0.25) is 0 Å². The molecule has 1 atom stereocenters. The van der Waals surface area contributed by atoms with E-state index < -0.39 is 0 Å². The standard InChI is InChI=1S/C9H16N2O/c1-8(6-10)7-11-4-2-9(12)3-5-11/h8-9,12H,2-5,7H2,1H3. The SMILES string of the molecule is CC(C#N)CN1CCC(O)CC1. The Morgan fingerprint density at radius 3 is 2.67 bits per heavy atom. The lowest BCUT2D eigenvalue weighted by atomic mass is 10.1. The first-order chi connectivity index (χ1) is 5.72. The molecule has 0 aliphatic carbocycles. The van der Waals surface area contributed by atoms with Crippen molar-refractivity contribution in [2.45, 2.75) is 25.9 Å². The molecule has 0 spiro atoms. The maximum absolute atomic E-state index is 9.23. The predicted molar refractivity (Wildman–Crippen MR) is 46.5 cm³/mol. The summed E-state index contributed by atoms with van der Waals surface area (Å²) in [5.74, 6) is 0.111. The number of rotatable bonds is 2. The number of aliphatic hydroxyl groups is 1. The molecule has 0 saturated carbocycles. The van der Waals surface area contributed by atoms with Gasteiger partial charge in [0.05, 0.1) is 18.1 Å². The van der Waals surface area contributed by atoms with Gasteiger partial charge in [0.1, 0.15) is 0 Å². The first-order valence-corrected chi connectivity index (χ1v) is 4.52. The van der Waals surface area contributed by atoms with Gasteiger partial charge in [-0.1, -0.05) is 0 Å². The first-order valence-electron chi connectivity index (χ1n) is 4.52. The van der Waals surface area contributed by atoms with Crippen LogP contribution in [-0.4, -0.2) is 35.7 Å². The number of piperidine rings is 1. The molecule has 3 nitrogen and oxygen atoms in total. The highest BCUT2D eigenvalue weighted by molar-refractivity contribution is 4.83. The molecule has 0 aromatic heterocycles. The average molecular weight is 168 g/mol. The molecule has 1 fully saturated rings. The van der Waals surface area contributed by atoms with Crippen LogP contribution in [-0.2, 0) is 0 Å². The van der Waals surface area contributed by atoms with Crippen LogP contribution < -0.4 is 0 Å². The van der Waals surface area contributed by atoms with Crippen molar-refractivity contribution in [3.63, 3.8) is 0 Å². The number of likely N-dealkylation sites (tertiary alicyclic amines) is 1. The summed E-state index contributed by atoms with van der Waals surface area (Å²) in [5, 5.41) is 17.8. The Bertz CT molecular complexity index is 168. The molecule has 1 unspecified atom stereocenters. The van der Waals surface area contributed by atoms with Gasteiger partial charge in [-0.15, -0.1) is 0 Å². The lowest BCUT2D eigenvalue weighted by molar-refractivity contribution is 0.0792. The van der Waals surface area contributed by atoms with E-state index in [9.17, 15) is 5.11 Å². The molecule has 1 aliphatic rings. The molecule has 1 saturated heterocycles. The maximum Gasteiger partial charge on any atom is 0.0666 e. The third-order valence-electron chi connectivity index (χ3n) is 2.31. The second-order valence-corrected chi connectivity index (χ2v) is 3.56. The van der Waals surface area contributed by atoms with Crippen molar-refractivity contribution in [3.05, 3.63) is 0 Å². The molecule has 1 heterocycles. The molecule has 1 N–H and O–H groups in total. The van der Waals surface area contributed by atoms with E-state index in [0.29, 0.717) is 0 Å². The molecule has 0 radical (unpaired) electrons. The van der Waals surface area contributed by atoms with Gasteiger partial charge >= 0.3 is 0 Å². The molecule has 0 bridgehead atoms. The lowest BCUT2D eigenvalue weighted by Gasteiger charge is -2.29. The van der Waals surface area contributed by atoms with E-state index in [1.54, 1.807) is 0 Å². The second kappa shape index (κ2) is 4.44. The van der Waals surface area contributed by atoms with Crippen molar-refractivity contribution in [2.24, 2.45) is 5.92 Å². The molecule has 68 valence electrons. The molecule has 0 aromatic rings. The van der Waals surface area contributed by atoms with Gasteiger partial charge < -0.3 is 10.0 Å². The molecular weight excluding hydrogens is 152 g/mol. The fraction of sp³-hybridized carbons (Fsp3) is 0.889. The van der Waals surface area contributed by atoms with Gasteiger partial charge in [0.2, 0.25) is 0 Å². The summed E-state index contributed by atoms with van der Waals surface area (Å²) in [6.45, 7) is 4.66. The van der Waals surface area contributed by atoms with Crippen LogP contribution in [0, 0.1) is 17.2 Å². The quantitative estimate of drug-likeness (QED) is 0.657. The zero-order chi connectivity index (χ0) is 8.97. The van der Waals surface area contributed by atoms with Crippen LogP contribution in [0.1, 0.15) is 19.8 Å². The minimum atomic E-state index is -0.112.